The largest absolute Gasteiger partial charge is 0.290 e. The third-order valence-corrected chi connectivity index (χ3v) is 8.70. The van der Waals surface area contributed by atoms with E-state index in [1.165, 1.54) is 38.5 Å². The fraction of sp³-hybridized carbons (Fsp3) is 0.952. The molecule has 0 aromatic carbocycles. The second-order valence-electron chi connectivity index (χ2n) is 10.7. The fourth-order valence-electron chi connectivity index (χ4n) is 8.83. The summed E-state index contributed by atoms with van der Waals surface area (Å²) in [5, 5.41) is 0. The molecule has 8 rings (SSSR count). The molecule has 0 N–H and O–H groups in total. The summed E-state index contributed by atoms with van der Waals surface area (Å²) in [5.41, 5.74) is 0.968. The number of rotatable bonds is 2. The molecule has 8 fully saturated rings. The highest BCUT2D eigenvalue weighted by molar-refractivity contribution is 5.67. The van der Waals surface area contributed by atoms with Gasteiger partial charge >= 0.3 is 0 Å². The molecule has 0 aromatic heterocycles. The zero-order chi connectivity index (χ0) is 14.4. The number of hydrogen-bond donors (Lipinski definition) is 0. The van der Waals surface area contributed by atoms with Crippen molar-refractivity contribution >= 4 is 6.21 Å². The summed E-state index contributed by atoms with van der Waals surface area (Å²) in [6, 6.07) is 0. The van der Waals surface area contributed by atoms with Crippen LogP contribution in [0.3, 0.4) is 0 Å². The Morgan fingerprint density at radius 3 is 1.32 bits per heavy atom. The predicted molar refractivity (Wildman–Crippen MR) is 90.0 cm³/mol. The molecule has 0 atom stereocenters. The summed E-state index contributed by atoms with van der Waals surface area (Å²) >= 11 is 0. The molecule has 1 heteroatoms. The van der Waals surface area contributed by atoms with E-state index in [0.29, 0.717) is 11.0 Å². The Morgan fingerprint density at radius 1 is 0.545 bits per heavy atom. The maximum Gasteiger partial charge on any atom is 0.0612 e. The molecule has 0 radical (unpaired) electrons. The van der Waals surface area contributed by atoms with Crippen molar-refractivity contribution in [2.24, 2.45) is 45.9 Å². The van der Waals surface area contributed by atoms with Crippen LogP contribution in [0.5, 0.6) is 0 Å². The van der Waals surface area contributed by atoms with Crippen LogP contribution in [0, 0.1) is 40.9 Å². The Bertz CT molecular complexity index is 399. The molecule has 0 heterocycles. The van der Waals surface area contributed by atoms with Gasteiger partial charge in [-0.25, -0.2) is 0 Å². The van der Waals surface area contributed by atoms with Gasteiger partial charge in [0.05, 0.1) is 5.54 Å². The molecule has 8 bridgehead atoms. The van der Waals surface area contributed by atoms with Crippen molar-refractivity contribution in [1.82, 2.24) is 0 Å². The molecule has 1 nitrogen and oxygen atoms in total. The Balaban J connectivity index is 1.29. The highest BCUT2D eigenvalue weighted by atomic mass is 14.9. The Morgan fingerprint density at radius 2 is 0.909 bits per heavy atom. The van der Waals surface area contributed by atoms with Gasteiger partial charge in [-0.15, -0.1) is 0 Å². The molecule has 0 unspecified atom stereocenters. The van der Waals surface area contributed by atoms with Crippen LogP contribution in [-0.4, -0.2) is 11.8 Å². The first kappa shape index (κ1) is 13.0. The molecule has 0 saturated heterocycles. The summed E-state index contributed by atoms with van der Waals surface area (Å²) in [4.78, 5) is 5.48. The highest BCUT2D eigenvalue weighted by Gasteiger charge is 2.53. The standard InChI is InChI=1S/C21H31N/c1-14-2-16-3-15(1)8-20(7-14,9-16)13-22-21-10-17-4-18(11-21)6-19(5-17)12-21/h13-19H,1-12H2. The molecule has 8 aliphatic carbocycles. The van der Waals surface area contributed by atoms with Crippen molar-refractivity contribution in [3.05, 3.63) is 0 Å². The van der Waals surface area contributed by atoms with Gasteiger partial charge in [-0.3, -0.25) is 4.99 Å². The zero-order valence-corrected chi connectivity index (χ0v) is 14.0. The van der Waals surface area contributed by atoms with Crippen LogP contribution in [0.25, 0.3) is 0 Å². The van der Waals surface area contributed by atoms with Crippen LogP contribution in [-0.2, 0) is 0 Å². The topological polar surface area (TPSA) is 12.4 Å². The summed E-state index contributed by atoms with van der Waals surface area (Å²) < 4.78 is 0. The maximum atomic E-state index is 5.48. The van der Waals surface area contributed by atoms with Crippen LogP contribution in [0.15, 0.2) is 4.99 Å². The molecule has 0 aromatic rings. The second-order valence-corrected chi connectivity index (χ2v) is 10.7. The van der Waals surface area contributed by atoms with Gasteiger partial charge in [0, 0.05) is 11.6 Å². The van der Waals surface area contributed by atoms with E-state index in [9.17, 15) is 0 Å². The first-order valence-corrected chi connectivity index (χ1v) is 10.2. The molecular formula is C21H31N. The van der Waals surface area contributed by atoms with Gasteiger partial charge in [0.25, 0.3) is 0 Å². The van der Waals surface area contributed by atoms with Crippen molar-refractivity contribution < 1.29 is 0 Å². The van der Waals surface area contributed by atoms with E-state index in [2.05, 4.69) is 6.21 Å². The van der Waals surface area contributed by atoms with Crippen molar-refractivity contribution in [1.29, 1.82) is 0 Å². The van der Waals surface area contributed by atoms with E-state index < -0.39 is 0 Å². The first-order valence-electron chi connectivity index (χ1n) is 10.2. The van der Waals surface area contributed by atoms with Crippen LogP contribution in [0.4, 0.5) is 0 Å². The Labute approximate surface area is 135 Å². The lowest BCUT2D eigenvalue weighted by atomic mass is 9.49. The van der Waals surface area contributed by atoms with E-state index in [1.807, 2.05) is 0 Å². The maximum absolute atomic E-state index is 5.48. The molecule has 22 heavy (non-hydrogen) atoms. The smallest absolute Gasteiger partial charge is 0.0612 e. The average Bonchev–Trinajstić information content (AvgIpc) is 2.42. The normalized spacial score (nSPS) is 61.5. The monoisotopic (exact) mass is 297 g/mol. The van der Waals surface area contributed by atoms with E-state index >= 15 is 0 Å². The molecule has 8 saturated carbocycles. The lowest BCUT2D eigenvalue weighted by molar-refractivity contribution is -0.0146. The van der Waals surface area contributed by atoms with Crippen molar-refractivity contribution in [3.63, 3.8) is 0 Å². The van der Waals surface area contributed by atoms with Gasteiger partial charge in [-0.05, 0) is 113 Å². The predicted octanol–water partition coefficient (Wildman–Crippen LogP) is 5.24. The SMILES string of the molecule is C(=NC12CC3CC(CC(C3)C1)C2)C12CC3CC(CC(C3)C1)C2. The lowest BCUT2D eigenvalue weighted by Gasteiger charge is -2.57. The van der Waals surface area contributed by atoms with E-state index in [-0.39, 0.29) is 0 Å². The van der Waals surface area contributed by atoms with Gasteiger partial charge in [0.15, 0.2) is 0 Å². The van der Waals surface area contributed by atoms with Crippen LogP contribution in [0.1, 0.15) is 77.0 Å². The van der Waals surface area contributed by atoms with E-state index in [0.717, 1.165) is 35.5 Å². The van der Waals surface area contributed by atoms with Crippen LogP contribution >= 0.6 is 0 Å². The molecule has 0 aliphatic heterocycles. The first-order chi connectivity index (χ1) is 10.7. The van der Waals surface area contributed by atoms with Crippen LogP contribution in [0.2, 0.25) is 0 Å². The average molecular weight is 297 g/mol. The quantitative estimate of drug-likeness (QED) is 0.618. The summed E-state index contributed by atoms with van der Waals surface area (Å²) in [6.07, 6.45) is 20.7. The summed E-state index contributed by atoms with van der Waals surface area (Å²) in [7, 11) is 0. The molecule has 0 amide bonds. The van der Waals surface area contributed by atoms with Crippen LogP contribution < -0.4 is 0 Å². The molecule has 120 valence electrons. The third-order valence-electron chi connectivity index (χ3n) is 8.70. The minimum absolute atomic E-state index is 0.415. The van der Waals surface area contributed by atoms with Crippen molar-refractivity contribution in [3.8, 4) is 0 Å². The Kier molecular flexibility index (Phi) is 2.48. The van der Waals surface area contributed by atoms with Gasteiger partial charge in [-0.1, -0.05) is 0 Å². The number of nitrogens with zero attached hydrogens (tertiary/aromatic N) is 1. The molecular weight excluding hydrogens is 266 g/mol. The lowest BCUT2D eigenvalue weighted by Crippen LogP contribution is -2.51. The van der Waals surface area contributed by atoms with E-state index in [1.54, 1.807) is 38.5 Å². The summed E-state index contributed by atoms with van der Waals surface area (Å²) in [5.74, 6) is 6.32. The van der Waals surface area contributed by atoms with Gasteiger partial charge in [-0.2, -0.15) is 0 Å². The zero-order valence-electron chi connectivity index (χ0n) is 14.0. The molecule has 8 aliphatic rings. The number of hydrogen-bond acceptors (Lipinski definition) is 1. The number of aliphatic imine (C=N–C) groups is 1. The van der Waals surface area contributed by atoms with Gasteiger partial charge in [0.2, 0.25) is 0 Å². The van der Waals surface area contributed by atoms with Gasteiger partial charge < -0.3 is 0 Å². The minimum Gasteiger partial charge on any atom is -0.290 e. The van der Waals surface area contributed by atoms with Crippen molar-refractivity contribution in [2.75, 3.05) is 0 Å². The highest BCUT2D eigenvalue weighted by Crippen LogP contribution is 2.61. The van der Waals surface area contributed by atoms with E-state index in [4.69, 9.17) is 4.99 Å². The minimum atomic E-state index is 0.415. The van der Waals surface area contributed by atoms with Gasteiger partial charge in [0.1, 0.15) is 0 Å². The summed E-state index contributed by atoms with van der Waals surface area (Å²) in [6.45, 7) is 0. The third kappa shape index (κ3) is 1.86. The second kappa shape index (κ2) is 4.19. The molecule has 0 spiro atoms. The Hall–Kier alpha value is -0.330. The van der Waals surface area contributed by atoms with Crippen molar-refractivity contribution in [2.45, 2.75) is 82.6 Å². The fourth-order valence-corrected chi connectivity index (χ4v) is 8.83.